The van der Waals surface area contributed by atoms with E-state index in [0.29, 0.717) is 5.69 Å². The molecule has 0 bridgehead atoms. The predicted molar refractivity (Wildman–Crippen MR) is 65.2 cm³/mol. The molecule has 1 atom stereocenters. The largest absolute Gasteiger partial charge is 0.417 e. The van der Waals surface area contributed by atoms with Crippen LogP contribution < -0.4 is 5.32 Å². The van der Waals surface area contributed by atoms with Gasteiger partial charge in [-0.05, 0) is 31.5 Å². The highest BCUT2D eigenvalue weighted by Crippen LogP contribution is 2.29. The molecule has 5 heteroatoms. The molecule has 2 nitrogen and oxygen atoms in total. The van der Waals surface area contributed by atoms with E-state index in [1.165, 1.54) is 6.07 Å². The molecule has 0 aliphatic carbocycles. The van der Waals surface area contributed by atoms with Crippen molar-refractivity contribution in [1.82, 2.24) is 10.3 Å². The number of nitrogens with zero attached hydrogens (tertiary/aromatic N) is 1. The Labute approximate surface area is 106 Å². The molecule has 102 valence electrons. The number of halogens is 3. The molecule has 1 N–H and O–H groups in total. The van der Waals surface area contributed by atoms with Gasteiger partial charge in [-0.15, -0.1) is 0 Å². The Kier molecular flexibility index (Phi) is 5.59. The van der Waals surface area contributed by atoms with Gasteiger partial charge >= 0.3 is 6.18 Å². The molecule has 1 heterocycles. The maximum absolute atomic E-state index is 12.4. The third kappa shape index (κ3) is 4.29. The topological polar surface area (TPSA) is 24.9 Å². The second-order valence-corrected chi connectivity index (χ2v) is 4.26. The molecule has 0 fully saturated rings. The zero-order valence-electron chi connectivity index (χ0n) is 10.7. The van der Waals surface area contributed by atoms with Crippen molar-refractivity contribution < 1.29 is 13.2 Å². The van der Waals surface area contributed by atoms with Crippen molar-refractivity contribution in [3.05, 3.63) is 29.6 Å². The molecule has 0 radical (unpaired) electrons. The highest BCUT2D eigenvalue weighted by atomic mass is 19.4. The van der Waals surface area contributed by atoms with E-state index in [9.17, 15) is 13.2 Å². The molecular weight excluding hydrogens is 241 g/mol. The summed E-state index contributed by atoms with van der Waals surface area (Å²) in [5.41, 5.74) is -0.0183. The van der Waals surface area contributed by atoms with Crippen LogP contribution in [0.2, 0.25) is 0 Å². The molecule has 0 aliphatic rings. The Hall–Kier alpha value is -1.10. The summed E-state index contributed by atoms with van der Waals surface area (Å²) < 4.78 is 37.2. The second-order valence-electron chi connectivity index (χ2n) is 4.26. The summed E-state index contributed by atoms with van der Waals surface area (Å²) in [5.74, 6) is 0. The van der Waals surface area contributed by atoms with Crippen LogP contribution in [-0.4, -0.2) is 11.5 Å². The summed E-state index contributed by atoms with van der Waals surface area (Å²) in [4.78, 5) is 3.93. The van der Waals surface area contributed by atoms with Gasteiger partial charge in [-0.25, -0.2) is 0 Å². The first kappa shape index (κ1) is 15.0. The SMILES string of the molecule is CCCNC(CCC)c1ccc(C(F)(F)F)cn1. The lowest BCUT2D eigenvalue weighted by Crippen LogP contribution is -2.23. The van der Waals surface area contributed by atoms with Crippen LogP contribution in [0.15, 0.2) is 18.3 Å². The van der Waals surface area contributed by atoms with Crippen molar-refractivity contribution in [3.8, 4) is 0 Å². The smallest absolute Gasteiger partial charge is 0.309 e. The van der Waals surface area contributed by atoms with E-state index in [2.05, 4.69) is 17.2 Å². The van der Waals surface area contributed by atoms with Crippen LogP contribution in [0.3, 0.4) is 0 Å². The predicted octanol–water partition coefficient (Wildman–Crippen LogP) is 3.94. The van der Waals surface area contributed by atoms with Gasteiger partial charge in [-0.2, -0.15) is 13.2 Å². The molecule has 0 spiro atoms. The maximum atomic E-state index is 12.4. The van der Waals surface area contributed by atoms with Crippen molar-refractivity contribution in [2.45, 2.75) is 45.3 Å². The lowest BCUT2D eigenvalue weighted by Gasteiger charge is -2.17. The zero-order chi connectivity index (χ0) is 13.6. The fraction of sp³-hybridized carbons (Fsp3) is 0.615. The van der Waals surface area contributed by atoms with Gasteiger partial charge in [0.2, 0.25) is 0 Å². The van der Waals surface area contributed by atoms with Gasteiger partial charge in [0.1, 0.15) is 0 Å². The Morgan fingerprint density at radius 3 is 2.39 bits per heavy atom. The quantitative estimate of drug-likeness (QED) is 0.838. The monoisotopic (exact) mass is 260 g/mol. The van der Waals surface area contributed by atoms with Crippen LogP contribution in [-0.2, 0) is 6.18 Å². The molecule has 1 aromatic heterocycles. The Morgan fingerprint density at radius 1 is 1.22 bits per heavy atom. The first-order chi connectivity index (χ1) is 8.49. The molecule has 0 saturated heterocycles. The number of aromatic nitrogens is 1. The molecule has 18 heavy (non-hydrogen) atoms. The van der Waals surface area contributed by atoms with Gasteiger partial charge in [-0.1, -0.05) is 20.3 Å². The fourth-order valence-electron chi connectivity index (χ4n) is 1.74. The Bertz CT molecular complexity index is 346. The van der Waals surface area contributed by atoms with Crippen LogP contribution in [0, 0.1) is 0 Å². The van der Waals surface area contributed by atoms with Crippen LogP contribution in [0.4, 0.5) is 13.2 Å². The maximum Gasteiger partial charge on any atom is 0.417 e. The third-order valence-electron chi connectivity index (χ3n) is 2.69. The molecule has 0 amide bonds. The van der Waals surface area contributed by atoms with Crippen molar-refractivity contribution in [1.29, 1.82) is 0 Å². The number of alkyl halides is 3. The van der Waals surface area contributed by atoms with E-state index < -0.39 is 11.7 Å². The van der Waals surface area contributed by atoms with Gasteiger partial charge in [0, 0.05) is 12.2 Å². The molecule has 1 unspecified atom stereocenters. The number of hydrogen-bond donors (Lipinski definition) is 1. The normalized spacial score (nSPS) is 13.6. The lowest BCUT2D eigenvalue weighted by molar-refractivity contribution is -0.137. The summed E-state index contributed by atoms with van der Waals surface area (Å²) in [6, 6.07) is 2.60. The molecule has 0 saturated carbocycles. The van der Waals surface area contributed by atoms with Crippen molar-refractivity contribution in [2.24, 2.45) is 0 Å². The van der Waals surface area contributed by atoms with Crippen LogP contribution in [0.1, 0.15) is 50.4 Å². The molecule has 1 aromatic rings. The zero-order valence-corrected chi connectivity index (χ0v) is 10.7. The molecule has 0 aromatic carbocycles. The van der Waals surface area contributed by atoms with E-state index >= 15 is 0 Å². The lowest BCUT2D eigenvalue weighted by atomic mass is 10.1. The fourth-order valence-corrected chi connectivity index (χ4v) is 1.74. The molecule has 1 rings (SSSR count). The Balaban J connectivity index is 2.79. The molecule has 0 aliphatic heterocycles. The number of hydrogen-bond acceptors (Lipinski definition) is 2. The number of rotatable bonds is 6. The van der Waals surface area contributed by atoms with Crippen LogP contribution in [0.25, 0.3) is 0 Å². The van der Waals surface area contributed by atoms with Crippen molar-refractivity contribution in [2.75, 3.05) is 6.54 Å². The minimum atomic E-state index is -4.32. The van der Waals surface area contributed by atoms with Crippen molar-refractivity contribution >= 4 is 0 Å². The van der Waals surface area contributed by atoms with Gasteiger partial charge in [-0.3, -0.25) is 4.98 Å². The number of pyridine rings is 1. The summed E-state index contributed by atoms with van der Waals surface area (Å²) in [7, 11) is 0. The summed E-state index contributed by atoms with van der Waals surface area (Å²) >= 11 is 0. The van der Waals surface area contributed by atoms with Gasteiger partial charge in [0.25, 0.3) is 0 Å². The Morgan fingerprint density at radius 2 is 1.94 bits per heavy atom. The van der Waals surface area contributed by atoms with E-state index in [1.807, 2.05) is 6.92 Å². The van der Waals surface area contributed by atoms with Gasteiger partial charge in [0.05, 0.1) is 11.3 Å². The third-order valence-corrected chi connectivity index (χ3v) is 2.69. The first-order valence-corrected chi connectivity index (χ1v) is 6.25. The van der Waals surface area contributed by atoms with E-state index in [-0.39, 0.29) is 6.04 Å². The summed E-state index contributed by atoms with van der Waals surface area (Å²) in [5, 5.41) is 3.30. The second kappa shape index (κ2) is 6.73. The minimum absolute atomic E-state index is 0.0391. The van der Waals surface area contributed by atoms with Crippen molar-refractivity contribution in [3.63, 3.8) is 0 Å². The highest BCUT2D eigenvalue weighted by Gasteiger charge is 2.30. The minimum Gasteiger partial charge on any atom is -0.309 e. The van der Waals surface area contributed by atoms with Crippen LogP contribution >= 0.6 is 0 Å². The first-order valence-electron chi connectivity index (χ1n) is 6.25. The summed E-state index contributed by atoms with van der Waals surface area (Å²) in [6.07, 6.45) is -0.586. The highest BCUT2D eigenvalue weighted by molar-refractivity contribution is 5.18. The average molecular weight is 260 g/mol. The average Bonchev–Trinajstić information content (AvgIpc) is 2.33. The van der Waals surface area contributed by atoms with Crippen LogP contribution in [0.5, 0.6) is 0 Å². The van der Waals surface area contributed by atoms with E-state index in [1.54, 1.807) is 0 Å². The summed E-state index contributed by atoms with van der Waals surface area (Å²) in [6.45, 7) is 4.94. The van der Waals surface area contributed by atoms with Gasteiger partial charge in [0.15, 0.2) is 0 Å². The van der Waals surface area contributed by atoms with E-state index in [4.69, 9.17) is 0 Å². The molecular formula is C13H19F3N2. The standard InChI is InChI=1S/C13H19F3N2/c1-3-5-11(17-8-4-2)12-7-6-10(9-18-12)13(14,15)16/h6-7,9,11,17H,3-5,8H2,1-2H3. The number of nitrogens with one attached hydrogen (secondary N) is 1. The van der Waals surface area contributed by atoms with E-state index in [0.717, 1.165) is 38.1 Å². The van der Waals surface area contributed by atoms with Gasteiger partial charge < -0.3 is 5.32 Å².